The lowest BCUT2D eigenvalue weighted by atomic mass is 10.1. The maximum atomic E-state index is 11.8. The number of unbranched alkanes of at least 4 members (excludes halogenated alkanes) is 1. The average molecular weight is 321 g/mol. The van der Waals surface area contributed by atoms with Crippen molar-refractivity contribution in [2.24, 2.45) is 0 Å². The Kier molecular flexibility index (Phi) is 7.83. The highest BCUT2D eigenvalue weighted by atomic mass is 33.1. The Bertz CT molecular complexity index is 342. The highest BCUT2D eigenvalue weighted by Gasteiger charge is 2.20. The Morgan fingerprint density at radius 2 is 1.75 bits per heavy atom. The first kappa shape index (κ1) is 17.2. The fourth-order valence-electron chi connectivity index (χ4n) is 1.93. The predicted molar refractivity (Wildman–Crippen MR) is 78.8 cm³/mol. The van der Waals surface area contributed by atoms with Crippen LogP contribution in [0.1, 0.15) is 32.1 Å². The van der Waals surface area contributed by atoms with Crippen LogP contribution in [0.5, 0.6) is 0 Å². The van der Waals surface area contributed by atoms with Crippen molar-refractivity contribution in [1.29, 1.82) is 0 Å². The van der Waals surface area contributed by atoms with Gasteiger partial charge >= 0.3 is 11.9 Å². The number of nitrogens with zero attached hydrogens (tertiary/aromatic N) is 1. The van der Waals surface area contributed by atoms with Gasteiger partial charge in [-0.2, -0.15) is 0 Å². The molecular formula is C12H19NO5S2. The molecule has 0 aromatic rings. The van der Waals surface area contributed by atoms with Crippen LogP contribution in [0.3, 0.4) is 0 Å². The van der Waals surface area contributed by atoms with Crippen molar-refractivity contribution in [3.05, 3.63) is 0 Å². The largest absolute Gasteiger partial charge is 0.480 e. The summed E-state index contributed by atoms with van der Waals surface area (Å²) in [4.78, 5) is 33.9. The summed E-state index contributed by atoms with van der Waals surface area (Å²) in [6.07, 6.45) is 4.07. The molecule has 1 amide bonds. The van der Waals surface area contributed by atoms with Crippen molar-refractivity contribution >= 4 is 39.4 Å². The number of hydrogen-bond donors (Lipinski definition) is 2. The Hall–Kier alpha value is -0.890. The van der Waals surface area contributed by atoms with Gasteiger partial charge in [-0.15, -0.1) is 0 Å². The van der Waals surface area contributed by atoms with Crippen LogP contribution in [0.25, 0.3) is 0 Å². The Balaban J connectivity index is 2.25. The van der Waals surface area contributed by atoms with Gasteiger partial charge in [0, 0.05) is 17.4 Å². The van der Waals surface area contributed by atoms with E-state index in [1.54, 1.807) is 0 Å². The quantitative estimate of drug-likeness (QED) is 0.493. The molecule has 0 unspecified atom stereocenters. The zero-order valence-corrected chi connectivity index (χ0v) is 12.8. The molecule has 114 valence electrons. The fraction of sp³-hybridized carbons (Fsp3) is 0.750. The van der Waals surface area contributed by atoms with E-state index in [1.165, 1.54) is 12.2 Å². The van der Waals surface area contributed by atoms with Gasteiger partial charge < -0.3 is 15.1 Å². The van der Waals surface area contributed by atoms with Crippen LogP contribution in [-0.4, -0.2) is 57.1 Å². The highest BCUT2D eigenvalue weighted by Crippen LogP contribution is 2.39. The van der Waals surface area contributed by atoms with Crippen LogP contribution in [0, 0.1) is 0 Å². The van der Waals surface area contributed by atoms with E-state index in [9.17, 15) is 14.4 Å². The maximum Gasteiger partial charge on any atom is 0.323 e. The fourth-order valence-corrected chi connectivity index (χ4v) is 4.96. The van der Waals surface area contributed by atoms with E-state index in [4.69, 9.17) is 10.2 Å². The molecule has 20 heavy (non-hydrogen) atoms. The minimum Gasteiger partial charge on any atom is -0.480 e. The number of rotatable bonds is 9. The lowest BCUT2D eigenvalue weighted by Gasteiger charge is -2.18. The van der Waals surface area contributed by atoms with Crippen LogP contribution in [0.2, 0.25) is 0 Å². The smallest absolute Gasteiger partial charge is 0.323 e. The van der Waals surface area contributed by atoms with Gasteiger partial charge in [0.2, 0.25) is 5.91 Å². The van der Waals surface area contributed by atoms with Crippen molar-refractivity contribution < 1.29 is 24.6 Å². The van der Waals surface area contributed by atoms with Gasteiger partial charge in [0.15, 0.2) is 0 Å². The molecule has 6 nitrogen and oxygen atoms in total. The summed E-state index contributed by atoms with van der Waals surface area (Å²) in [5.74, 6) is -1.61. The van der Waals surface area contributed by atoms with Gasteiger partial charge in [0.05, 0.1) is 0 Å². The molecule has 1 aliphatic heterocycles. The molecule has 1 rings (SSSR count). The van der Waals surface area contributed by atoms with Crippen molar-refractivity contribution in [3.63, 3.8) is 0 Å². The van der Waals surface area contributed by atoms with Crippen LogP contribution >= 0.6 is 21.6 Å². The number of carboxylic acids is 2. The summed E-state index contributed by atoms with van der Waals surface area (Å²) < 4.78 is 0. The van der Waals surface area contributed by atoms with Crippen molar-refractivity contribution in [1.82, 2.24) is 4.90 Å². The summed E-state index contributed by atoms with van der Waals surface area (Å²) in [5.41, 5.74) is 0. The maximum absolute atomic E-state index is 11.8. The monoisotopic (exact) mass is 321 g/mol. The lowest BCUT2D eigenvalue weighted by Crippen LogP contribution is -2.39. The Morgan fingerprint density at radius 3 is 2.25 bits per heavy atom. The van der Waals surface area contributed by atoms with E-state index in [0.717, 1.165) is 17.7 Å². The first-order chi connectivity index (χ1) is 9.49. The molecule has 0 aliphatic carbocycles. The summed E-state index contributed by atoms with van der Waals surface area (Å²) in [5, 5.41) is 18.0. The van der Waals surface area contributed by atoms with E-state index in [-0.39, 0.29) is 6.42 Å². The second kappa shape index (κ2) is 9.12. The molecular weight excluding hydrogens is 302 g/mol. The number of carboxylic acid groups (broad SMARTS) is 2. The first-order valence-corrected chi connectivity index (χ1v) is 8.87. The summed E-state index contributed by atoms with van der Waals surface area (Å²) in [6, 6.07) is 0. The second-order valence-electron chi connectivity index (χ2n) is 4.61. The van der Waals surface area contributed by atoms with Crippen molar-refractivity contribution in [3.8, 4) is 0 Å². The SMILES string of the molecule is O=C(O)CN(CC(=O)O)C(=O)CCCC[C@H]1CCSS1. The topological polar surface area (TPSA) is 94.9 Å². The Labute approximate surface area is 125 Å². The number of carbonyl (C=O) groups is 3. The van der Waals surface area contributed by atoms with E-state index < -0.39 is 30.9 Å². The van der Waals surface area contributed by atoms with Gasteiger partial charge in [-0.1, -0.05) is 28.0 Å². The van der Waals surface area contributed by atoms with Gasteiger partial charge in [-0.3, -0.25) is 14.4 Å². The molecule has 1 heterocycles. The zero-order valence-electron chi connectivity index (χ0n) is 11.1. The van der Waals surface area contributed by atoms with Crippen LogP contribution in [0.4, 0.5) is 0 Å². The molecule has 0 aromatic heterocycles. The molecule has 1 fully saturated rings. The number of hydrogen-bond acceptors (Lipinski definition) is 5. The zero-order chi connectivity index (χ0) is 15.0. The number of aliphatic carboxylic acids is 2. The summed E-state index contributed by atoms with van der Waals surface area (Å²) >= 11 is 0. The standard InChI is InChI=1S/C12H19NO5S2/c14-10(13(7-11(15)16)8-12(17)18)4-2-1-3-9-5-6-19-20-9/h9H,1-8H2,(H,15,16)(H,17,18)/t9-/m0/s1. The third-order valence-electron chi connectivity index (χ3n) is 2.90. The molecule has 1 atom stereocenters. The molecule has 0 bridgehead atoms. The van der Waals surface area contributed by atoms with Gasteiger partial charge in [0.25, 0.3) is 0 Å². The average Bonchev–Trinajstić information content (AvgIpc) is 2.85. The van der Waals surface area contributed by atoms with E-state index in [0.29, 0.717) is 11.7 Å². The molecule has 1 aliphatic rings. The van der Waals surface area contributed by atoms with Gasteiger partial charge in [-0.05, 0) is 19.3 Å². The molecule has 1 saturated heterocycles. The van der Waals surface area contributed by atoms with Crippen LogP contribution < -0.4 is 0 Å². The first-order valence-electron chi connectivity index (χ1n) is 6.48. The van der Waals surface area contributed by atoms with Crippen molar-refractivity contribution in [2.75, 3.05) is 18.8 Å². The lowest BCUT2D eigenvalue weighted by molar-refractivity contribution is -0.149. The molecule has 0 radical (unpaired) electrons. The minimum atomic E-state index is -1.20. The van der Waals surface area contributed by atoms with Gasteiger partial charge in [-0.25, -0.2) is 0 Å². The molecule has 2 N–H and O–H groups in total. The third-order valence-corrected chi connectivity index (χ3v) is 5.91. The Morgan fingerprint density at radius 1 is 1.10 bits per heavy atom. The summed E-state index contributed by atoms with van der Waals surface area (Å²) in [6.45, 7) is -1.11. The van der Waals surface area contributed by atoms with Crippen LogP contribution in [0.15, 0.2) is 0 Å². The third kappa shape index (κ3) is 7.04. The van der Waals surface area contributed by atoms with Crippen LogP contribution in [-0.2, 0) is 14.4 Å². The van der Waals surface area contributed by atoms with E-state index in [1.807, 2.05) is 21.6 Å². The predicted octanol–water partition coefficient (Wildman–Crippen LogP) is 1.70. The number of carbonyl (C=O) groups excluding carboxylic acids is 1. The molecule has 0 spiro atoms. The van der Waals surface area contributed by atoms with E-state index in [2.05, 4.69) is 0 Å². The molecule has 0 aromatic carbocycles. The molecule has 8 heteroatoms. The number of amides is 1. The second-order valence-corrected chi connectivity index (χ2v) is 7.40. The summed E-state index contributed by atoms with van der Waals surface area (Å²) in [7, 11) is 3.77. The molecule has 0 saturated carbocycles. The van der Waals surface area contributed by atoms with Gasteiger partial charge in [0.1, 0.15) is 13.1 Å². The minimum absolute atomic E-state index is 0.213. The normalized spacial score (nSPS) is 17.9. The highest BCUT2D eigenvalue weighted by molar-refractivity contribution is 8.77. The van der Waals surface area contributed by atoms with E-state index >= 15 is 0 Å². The van der Waals surface area contributed by atoms with Crippen molar-refractivity contribution in [2.45, 2.75) is 37.4 Å².